The van der Waals surface area contributed by atoms with Crippen LogP contribution in [0.1, 0.15) is 17.5 Å². The minimum Gasteiger partial charge on any atom is -0.0622 e. The molecule has 2 rings (SSSR count). The molecule has 2 aromatic carbocycles. The monoisotopic (exact) mass is 195 g/mol. The van der Waals surface area contributed by atoms with E-state index in [-0.39, 0.29) is 0 Å². The molecule has 2 aromatic rings. The van der Waals surface area contributed by atoms with Crippen LogP contribution in [-0.2, 0) is 12.8 Å². The first-order chi connectivity index (χ1) is 7.45. The molecule has 0 fully saturated rings. The van der Waals surface area contributed by atoms with Gasteiger partial charge in [-0.2, -0.15) is 0 Å². The summed E-state index contributed by atoms with van der Waals surface area (Å²) in [4.78, 5) is 0. The van der Waals surface area contributed by atoms with Gasteiger partial charge in [0.1, 0.15) is 0 Å². The van der Waals surface area contributed by atoms with E-state index in [4.69, 9.17) is 0 Å². The van der Waals surface area contributed by atoms with Gasteiger partial charge in [-0.15, -0.1) is 0 Å². The average Bonchev–Trinajstić information content (AvgIpc) is 2.32. The second kappa shape index (κ2) is 5.35. The van der Waals surface area contributed by atoms with Gasteiger partial charge in [0.2, 0.25) is 0 Å². The van der Waals surface area contributed by atoms with E-state index in [2.05, 4.69) is 54.6 Å². The lowest BCUT2D eigenvalue weighted by atomic mass is 10.0. The van der Waals surface area contributed by atoms with Gasteiger partial charge in [-0.05, 0) is 36.5 Å². The maximum absolute atomic E-state index is 3.11. The normalized spacial score (nSPS) is 10.1. The van der Waals surface area contributed by atoms with Crippen molar-refractivity contribution in [3.8, 4) is 0 Å². The highest BCUT2D eigenvalue weighted by Crippen LogP contribution is 2.07. The van der Waals surface area contributed by atoms with Crippen molar-refractivity contribution in [1.82, 2.24) is 0 Å². The van der Waals surface area contributed by atoms with Gasteiger partial charge in [-0.1, -0.05) is 54.6 Å². The SMILES string of the molecule is [c]1cccc(CCCc2ccccc2)c1. The number of benzene rings is 2. The lowest BCUT2D eigenvalue weighted by molar-refractivity contribution is 0.820. The molecule has 0 saturated carbocycles. The first-order valence-electron chi connectivity index (χ1n) is 5.44. The van der Waals surface area contributed by atoms with E-state index in [0.29, 0.717) is 0 Å². The van der Waals surface area contributed by atoms with E-state index in [9.17, 15) is 0 Å². The molecule has 0 heteroatoms. The molecule has 0 amide bonds. The summed E-state index contributed by atoms with van der Waals surface area (Å²) in [5.74, 6) is 0. The lowest BCUT2D eigenvalue weighted by Crippen LogP contribution is -1.89. The van der Waals surface area contributed by atoms with Gasteiger partial charge in [0, 0.05) is 0 Å². The zero-order valence-corrected chi connectivity index (χ0v) is 8.82. The zero-order chi connectivity index (χ0) is 10.3. The molecule has 0 nitrogen and oxygen atoms in total. The van der Waals surface area contributed by atoms with Crippen LogP contribution < -0.4 is 0 Å². The van der Waals surface area contributed by atoms with E-state index in [0.717, 1.165) is 12.8 Å². The van der Waals surface area contributed by atoms with Gasteiger partial charge in [-0.3, -0.25) is 0 Å². The Balaban J connectivity index is 1.81. The topological polar surface area (TPSA) is 0 Å². The molecule has 0 aliphatic heterocycles. The van der Waals surface area contributed by atoms with Crippen LogP contribution in [0.5, 0.6) is 0 Å². The van der Waals surface area contributed by atoms with Crippen LogP contribution in [0.2, 0.25) is 0 Å². The number of hydrogen-bond acceptors (Lipinski definition) is 0. The lowest BCUT2D eigenvalue weighted by Gasteiger charge is -2.01. The molecular formula is C15H15. The van der Waals surface area contributed by atoms with Crippen molar-refractivity contribution in [1.29, 1.82) is 0 Å². The van der Waals surface area contributed by atoms with Gasteiger partial charge in [0.05, 0.1) is 0 Å². The maximum atomic E-state index is 3.11. The highest BCUT2D eigenvalue weighted by molar-refractivity contribution is 5.16. The van der Waals surface area contributed by atoms with Crippen molar-refractivity contribution >= 4 is 0 Å². The Morgan fingerprint density at radius 3 is 2.27 bits per heavy atom. The maximum Gasteiger partial charge on any atom is -0.0181 e. The Morgan fingerprint density at radius 2 is 1.53 bits per heavy atom. The van der Waals surface area contributed by atoms with Gasteiger partial charge < -0.3 is 0 Å². The van der Waals surface area contributed by atoms with Crippen LogP contribution in [0, 0.1) is 6.07 Å². The Hall–Kier alpha value is -1.56. The van der Waals surface area contributed by atoms with Crippen molar-refractivity contribution in [2.24, 2.45) is 0 Å². The quantitative estimate of drug-likeness (QED) is 0.698. The molecule has 0 heterocycles. The number of aryl methyl sites for hydroxylation is 2. The molecule has 15 heavy (non-hydrogen) atoms. The van der Waals surface area contributed by atoms with E-state index in [1.54, 1.807) is 0 Å². The standard InChI is InChI=1S/C15H15/c1-3-8-14(9-4-1)12-7-13-15-10-5-2-6-11-15/h1-5,8-11H,7,12-13H2. The molecular weight excluding hydrogens is 180 g/mol. The minimum atomic E-state index is 1.15. The first kappa shape index (κ1) is 9.97. The molecule has 0 aromatic heterocycles. The van der Waals surface area contributed by atoms with Gasteiger partial charge in [0.25, 0.3) is 0 Å². The Bertz CT molecular complexity index is 336. The fourth-order valence-electron chi connectivity index (χ4n) is 1.73. The van der Waals surface area contributed by atoms with Crippen LogP contribution in [0.25, 0.3) is 0 Å². The van der Waals surface area contributed by atoms with Crippen molar-refractivity contribution in [3.63, 3.8) is 0 Å². The second-order valence-electron chi connectivity index (χ2n) is 3.75. The number of rotatable bonds is 4. The molecule has 0 atom stereocenters. The van der Waals surface area contributed by atoms with Crippen LogP contribution in [0.15, 0.2) is 54.6 Å². The molecule has 0 unspecified atom stereocenters. The summed E-state index contributed by atoms with van der Waals surface area (Å²) in [6, 6.07) is 22.0. The second-order valence-corrected chi connectivity index (χ2v) is 3.75. The van der Waals surface area contributed by atoms with Crippen molar-refractivity contribution < 1.29 is 0 Å². The minimum absolute atomic E-state index is 1.15. The summed E-state index contributed by atoms with van der Waals surface area (Å²) in [6.45, 7) is 0. The molecule has 0 spiro atoms. The third-order valence-corrected chi connectivity index (χ3v) is 2.55. The van der Waals surface area contributed by atoms with Crippen LogP contribution in [-0.4, -0.2) is 0 Å². The summed E-state index contributed by atoms with van der Waals surface area (Å²) in [5, 5.41) is 0. The van der Waals surface area contributed by atoms with Crippen LogP contribution in [0.4, 0.5) is 0 Å². The molecule has 0 bridgehead atoms. The Kier molecular flexibility index (Phi) is 3.56. The smallest absolute Gasteiger partial charge is 0.0181 e. The van der Waals surface area contributed by atoms with E-state index in [1.807, 2.05) is 6.07 Å². The summed E-state index contributed by atoms with van der Waals surface area (Å²) < 4.78 is 0. The number of hydrogen-bond donors (Lipinski definition) is 0. The van der Waals surface area contributed by atoms with Crippen molar-refractivity contribution in [3.05, 3.63) is 71.8 Å². The third kappa shape index (κ3) is 3.25. The van der Waals surface area contributed by atoms with Crippen LogP contribution >= 0.6 is 0 Å². The fraction of sp³-hybridized carbons (Fsp3) is 0.200. The highest BCUT2D eigenvalue weighted by atomic mass is 14.0. The summed E-state index contributed by atoms with van der Waals surface area (Å²) in [5.41, 5.74) is 2.81. The zero-order valence-electron chi connectivity index (χ0n) is 8.82. The Labute approximate surface area is 91.6 Å². The molecule has 0 aliphatic rings. The summed E-state index contributed by atoms with van der Waals surface area (Å²) in [7, 11) is 0. The van der Waals surface area contributed by atoms with E-state index in [1.165, 1.54) is 17.5 Å². The predicted octanol–water partition coefficient (Wildman–Crippen LogP) is 3.66. The largest absolute Gasteiger partial charge is 0.0622 e. The molecule has 1 radical (unpaired) electrons. The van der Waals surface area contributed by atoms with Crippen molar-refractivity contribution in [2.75, 3.05) is 0 Å². The summed E-state index contributed by atoms with van der Waals surface area (Å²) in [6.07, 6.45) is 3.52. The summed E-state index contributed by atoms with van der Waals surface area (Å²) >= 11 is 0. The fourth-order valence-corrected chi connectivity index (χ4v) is 1.73. The van der Waals surface area contributed by atoms with Crippen LogP contribution in [0.3, 0.4) is 0 Å². The van der Waals surface area contributed by atoms with Gasteiger partial charge in [0.15, 0.2) is 0 Å². The van der Waals surface area contributed by atoms with E-state index >= 15 is 0 Å². The van der Waals surface area contributed by atoms with Gasteiger partial charge in [-0.25, -0.2) is 0 Å². The molecule has 0 saturated heterocycles. The molecule has 75 valence electrons. The van der Waals surface area contributed by atoms with E-state index < -0.39 is 0 Å². The third-order valence-electron chi connectivity index (χ3n) is 2.55. The average molecular weight is 195 g/mol. The van der Waals surface area contributed by atoms with Crippen molar-refractivity contribution in [2.45, 2.75) is 19.3 Å². The predicted molar refractivity (Wildman–Crippen MR) is 63.7 cm³/mol. The Morgan fingerprint density at radius 1 is 0.800 bits per heavy atom. The first-order valence-corrected chi connectivity index (χ1v) is 5.44. The molecule has 0 aliphatic carbocycles. The highest BCUT2D eigenvalue weighted by Gasteiger charge is 1.93. The van der Waals surface area contributed by atoms with Gasteiger partial charge >= 0.3 is 0 Å². The molecule has 0 N–H and O–H groups in total.